The smallest absolute Gasteiger partial charge is 0.174 e. The van der Waals surface area contributed by atoms with Gasteiger partial charge in [-0.25, -0.2) is 0 Å². The summed E-state index contributed by atoms with van der Waals surface area (Å²) < 4.78 is 1.11. The van der Waals surface area contributed by atoms with Crippen molar-refractivity contribution in [2.24, 2.45) is 5.92 Å². The van der Waals surface area contributed by atoms with Crippen LogP contribution in [0.4, 0.5) is 0 Å². The standard InChI is InChI=1S/C12H21N3S2/c1-2-7-13-11-5-3-4-10(11)6-8-16-12-15-14-9-17-12/h9-11,13H,2-8H2,1H3. The molecule has 1 aliphatic carbocycles. The van der Waals surface area contributed by atoms with Crippen molar-refractivity contribution in [2.45, 2.75) is 49.4 Å². The number of aromatic nitrogens is 2. The largest absolute Gasteiger partial charge is 0.314 e. The molecule has 0 aromatic carbocycles. The number of hydrogen-bond donors (Lipinski definition) is 1. The van der Waals surface area contributed by atoms with E-state index in [-0.39, 0.29) is 0 Å². The molecule has 1 aromatic heterocycles. The van der Waals surface area contributed by atoms with Gasteiger partial charge in [-0.15, -0.1) is 10.2 Å². The van der Waals surface area contributed by atoms with Gasteiger partial charge in [0, 0.05) is 11.8 Å². The molecule has 1 heterocycles. The van der Waals surface area contributed by atoms with E-state index in [2.05, 4.69) is 22.4 Å². The maximum absolute atomic E-state index is 4.06. The topological polar surface area (TPSA) is 37.8 Å². The number of rotatable bonds is 7. The van der Waals surface area contributed by atoms with Gasteiger partial charge in [0.1, 0.15) is 5.51 Å². The lowest BCUT2D eigenvalue weighted by molar-refractivity contribution is 0.393. The molecule has 0 radical (unpaired) electrons. The fourth-order valence-electron chi connectivity index (χ4n) is 2.50. The van der Waals surface area contributed by atoms with Crippen LogP contribution in [-0.2, 0) is 0 Å². The molecule has 17 heavy (non-hydrogen) atoms. The molecule has 0 bridgehead atoms. The fourth-order valence-corrected chi connectivity index (χ4v) is 4.13. The molecule has 1 N–H and O–H groups in total. The minimum absolute atomic E-state index is 0.768. The highest BCUT2D eigenvalue weighted by molar-refractivity contribution is 8.00. The Kier molecular flexibility index (Phi) is 5.74. The third-order valence-corrected chi connectivity index (χ3v) is 5.26. The number of nitrogens with one attached hydrogen (secondary N) is 1. The van der Waals surface area contributed by atoms with Crippen LogP contribution >= 0.6 is 23.1 Å². The molecule has 1 fully saturated rings. The zero-order chi connectivity index (χ0) is 11.9. The number of thioether (sulfide) groups is 1. The Morgan fingerprint density at radius 2 is 2.47 bits per heavy atom. The molecule has 0 aliphatic heterocycles. The summed E-state index contributed by atoms with van der Waals surface area (Å²) in [6.07, 6.45) is 6.72. The summed E-state index contributed by atoms with van der Waals surface area (Å²) in [6, 6.07) is 0.768. The summed E-state index contributed by atoms with van der Waals surface area (Å²) in [7, 11) is 0. The summed E-state index contributed by atoms with van der Waals surface area (Å²) in [5, 5.41) is 11.6. The molecule has 1 aromatic rings. The summed E-state index contributed by atoms with van der Waals surface area (Å²) in [4.78, 5) is 0. The minimum atomic E-state index is 0.768. The van der Waals surface area contributed by atoms with E-state index in [1.54, 1.807) is 11.3 Å². The van der Waals surface area contributed by atoms with Gasteiger partial charge in [-0.1, -0.05) is 36.4 Å². The van der Waals surface area contributed by atoms with Crippen molar-refractivity contribution in [3.05, 3.63) is 5.51 Å². The predicted octanol–water partition coefficient (Wildman–Crippen LogP) is 3.19. The predicted molar refractivity (Wildman–Crippen MR) is 74.7 cm³/mol. The molecule has 2 rings (SSSR count). The lowest BCUT2D eigenvalue weighted by Gasteiger charge is -2.20. The van der Waals surface area contributed by atoms with Crippen LogP contribution in [0.5, 0.6) is 0 Å². The van der Waals surface area contributed by atoms with Gasteiger partial charge in [0.2, 0.25) is 0 Å². The summed E-state index contributed by atoms with van der Waals surface area (Å²) in [5.41, 5.74) is 1.81. The molecule has 0 saturated heterocycles. The minimum Gasteiger partial charge on any atom is -0.314 e. The lowest BCUT2D eigenvalue weighted by Crippen LogP contribution is -2.33. The first kappa shape index (κ1) is 13.3. The Labute approximate surface area is 112 Å². The zero-order valence-corrected chi connectivity index (χ0v) is 12.0. The molecule has 5 heteroatoms. The lowest BCUT2D eigenvalue weighted by atomic mass is 10.0. The van der Waals surface area contributed by atoms with Crippen LogP contribution < -0.4 is 5.32 Å². The van der Waals surface area contributed by atoms with E-state index in [0.29, 0.717) is 0 Å². The van der Waals surface area contributed by atoms with Crippen LogP contribution in [0, 0.1) is 5.92 Å². The van der Waals surface area contributed by atoms with Gasteiger partial charge < -0.3 is 5.32 Å². The Morgan fingerprint density at radius 1 is 1.53 bits per heavy atom. The molecular weight excluding hydrogens is 250 g/mol. The van der Waals surface area contributed by atoms with E-state index in [1.165, 1.54) is 44.4 Å². The third-order valence-electron chi connectivity index (χ3n) is 3.37. The Balaban J connectivity index is 1.67. The number of hydrogen-bond acceptors (Lipinski definition) is 5. The maximum Gasteiger partial charge on any atom is 0.174 e. The molecule has 1 saturated carbocycles. The highest BCUT2D eigenvalue weighted by atomic mass is 32.2. The van der Waals surface area contributed by atoms with Crippen LogP contribution in [0.15, 0.2) is 9.85 Å². The normalized spacial score (nSPS) is 24.3. The SMILES string of the molecule is CCCNC1CCCC1CCSc1nncs1. The molecule has 2 atom stereocenters. The van der Waals surface area contributed by atoms with E-state index in [1.807, 2.05) is 17.3 Å². The van der Waals surface area contributed by atoms with Crippen molar-refractivity contribution in [2.75, 3.05) is 12.3 Å². The molecular formula is C12H21N3S2. The summed E-state index contributed by atoms with van der Waals surface area (Å²) in [6.45, 7) is 3.41. The summed E-state index contributed by atoms with van der Waals surface area (Å²) >= 11 is 3.50. The van der Waals surface area contributed by atoms with Gasteiger partial charge in [0.15, 0.2) is 4.34 Å². The number of nitrogens with zero attached hydrogens (tertiary/aromatic N) is 2. The van der Waals surface area contributed by atoms with E-state index in [9.17, 15) is 0 Å². The van der Waals surface area contributed by atoms with Crippen molar-refractivity contribution in [1.82, 2.24) is 15.5 Å². The van der Waals surface area contributed by atoms with Gasteiger partial charge in [-0.2, -0.15) is 0 Å². The van der Waals surface area contributed by atoms with Crippen LogP contribution in [0.1, 0.15) is 39.0 Å². The van der Waals surface area contributed by atoms with Crippen molar-refractivity contribution < 1.29 is 0 Å². The van der Waals surface area contributed by atoms with E-state index in [0.717, 1.165) is 16.3 Å². The van der Waals surface area contributed by atoms with Crippen LogP contribution in [0.2, 0.25) is 0 Å². The van der Waals surface area contributed by atoms with Gasteiger partial charge in [0.25, 0.3) is 0 Å². The first-order valence-electron chi connectivity index (χ1n) is 6.52. The quantitative estimate of drug-likeness (QED) is 0.773. The zero-order valence-electron chi connectivity index (χ0n) is 10.4. The van der Waals surface area contributed by atoms with Crippen LogP contribution in [0.25, 0.3) is 0 Å². The second kappa shape index (κ2) is 7.34. The highest BCUT2D eigenvalue weighted by Gasteiger charge is 2.25. The van der Waals surface area contributed by atoms with Gasteiger partial charge in [-0.05, 0) is 38.1 Å². The Hall–Kier alpha value is -0.130. The molecule has 0 spiro atoms. The molecule has 3 nitrogen and oxygen atoms in total. The van der Waals surface area contributed by atoms with E-state index >= 15 is 0 Å². The van der Waals surface area contributed by atoms with Gasteiger partial charge in [0.05, 0.1) is 0 Å². The molecule has 0 amide bonds. The average Bonchev–Trinajstić information content (AvgIpc) is 2.98. The molecule has 1 aliphatic rings. The average molecular weight is 271 g/mol. The van der Waals surface area contributed by atoms with Crippen LogP contribution in [0.3, 0.4) is 0 Å². The van der Waals surface area contributed by atoms with E-state index < -0.39 is 0 Å². The first-order valence-corrected chi connectivity index (χ1v) is 8.39. The van der Waals surface area contributed by atoms with Gasteiger partial charge in [-0.3, -0.25) is 0 Å². The maximum atomic E-state index is 4.06. The van der Waals surface area contributed by atoms with Crippen LogP contribution in [-0.4, -0.2) is 28.5 Å². The van der Waals surface area contributed by atoms with Gasteiger partial charge >= 0.3 is 0 Å². The molecule has 96 valence electrons. The van der Waals surface area contributed by atoms with Crippen molar-refractivity contribution >= 4 is 23.1 Å². The fraction of sp³-hybridized carbons (Fsp3) is 0.833. The first-order chi connectivity index (χ1) is 8.40. The highest BCUT2D eigenvalue weighted by Crippen LogP contribution is 2.31. The monoisotopic (exact) mass is 271 g/mol. The Morgan fingerprint density at radius 3 is 3.24 bits per heavy atom. The van der Waals surface area contributed by atoms with Crippen molar-refractivity contribution in [3.8, 4) is 0 Å². The second-order valence-corrected chi connectivity index (χ2v) is 6.77. The molecule has 2 unspecified atom stereocenters. The van der Waals surface area contributed by atoms with Crippen molar-refractivity contribution in [3.63, 3.8) is 0 Å². The van der Waals surface area contributed by atoms with E-state index in [4.69, 9.17) is 0 Å². The third kappa shape index (κ3) is 4.23. The van der Waals surface area contributed by atoms with Crippen molar-refractivity contribution in [1.29, 1.82) is 0 Å². The Bertz CT molecular complexity index is 303. The second-order valence-electron chi connectivity index (χ2n) is 4.59. The summed E-state index contributed by atoms with van der Waals surface area (Å²) in [5.74, 6) is 2.06.